The van der Waals surface area contributed by atoms with Gasteiger partial charge in [-0.3, -0.25) is 9.59 Å². The molecule has 1 atom stereocenters. The van der Waals surface area contributed by atoms with Crippen molar-refractivity contribution in [2.24, 2.45) is 0 Å². The highest BCUT2D eigenvalue weighted by molar-refractivity contribution is 9.10. The quantitative estimate of drug-likeness (QED) is 0.814. The van der Waals surface area contributed by atoms with Crippen molar-refractivity contribution in [3.8, 4) is 5.75 Å². The van der Waals surface area contributed by atoms with Gasteiger partial charge in [0.15, 0.2) is 6.10 Å². The van der Waals surface area contributed by atoms with E-state index in [1.165, 1.54) is 4.90 Å². The molecular formula is C15H20BrNO4. The molecule has 0 radical (unpaired) electrons. The van der Waals surface area contributed by atoms with Crippen LogP contribution in [0.25, 0.3) is 0 Å². The molecule has 1 aromatic rings. The van der Waals surface area contributed by atoms with Crippen LogP contribution in [0.3, 0.4) is 0 Å². The summed E-state index contributed by atoms with van der Waals surface area (Å²) in [6.07, 6.45) is -0.747. The van der Waals surface area contributed by atoms with E-state index in [1.54, 1.807) is 19.1 Å². The predicted molar refractivity (Wildman–Crippen MR) is 83.3 cm³/mol. The Morgan fingerprint density at radius 3 is 2.52 bits per heavy atom. The van der Waals surface area contributed by atoms with E-state index in [-0.39, 0.29) is 24.9 Å². The van der Waals surface area contributed by atoms with Crippen LogP contribution in [-0.4, -0.2) is 40.6 Å². The second-order valence-corrected chi connectivity index (χ2v) is 5.90. The number of carboxylic acids is 1. The fourth-order valence-electron chi connectivity index (χ4n) is 1.87. The molecule has 6 heteroatoms. The SMILES string of the molecule is CC(Oc1cccc(Br)c1)C(=O)N(CCC(=O)O)C(C)C. The summed E-state index contributed by atoms with van der Waals surface area (Å²) in [5, 5.41) is 8.76. The number of carboxylic acid groups (broad SMARTS) is 1. The van der Waals surface area contributed by atoms with Crippen LogP contribution >= 0.6 is 15.9 Å². The van der Waals surface area contributed by atoms with Crippen molar-refractivity contribution in [1.29, 1.82) is 0 Å². The molecule has 0 spiro atoms. The molecule has 1 rings (SSSR count). The van der Waals surface area contributed by atoms with Crippen molar-refractivity contribution in [2.75, 3.05) is 6.54 Å². The highest BCUT2D eigenvalue weighted by Crippen LogP contribution is 2.19. The molecule has 0 aliphatic rings. The Kier molecular flexibility index (Phi) is 6.68. The first-order valence-electron chi connectivity index (χ1n) is 6.75. The van der Waals surface area contributed by atoms with E-state index < -0.39 is 12.1 Å². The van der Waals surface area contributed by atoms with Gasteiger partial charge in [-0.25, -0.2) is 0 Å². The normalized spacial score (nSPS) is 12.0. The van der Waals surface area contributed by atoms with E-state index in [9.17, 15) is 9.59 Å². The van der Waals surface area contributed by atoms with Gasteiger partial charge in [-0.1, -0.05) is 22.0 Å². The zero-order valence-corrected chi connectivity index (χ0v) is 14.0. The van der Waals surface area contributed by atoms with Gasteiger partial charge in [0.05, 0.1) is 6.42 Å². The fourth-order valence-corrected chi connectivity index (χ4v) is 2.25. The van der Waals surface area contributed by atoms with Gasteiger partial charge in [0.1, 0.15) is 5.75 Å². The first kappa shape index (κ1) is 17.5. The first-order valence-corrected chi connectivity index (χ1v) is 7.55. The number of halogens is 1. The molecule has 0 aromatic heterocycles. The molecule has 0 heterocycles. The zero-order chi connectivity index (χ0) is 16.0. The lowest BCUT2D eigenvalue weighted by Gasteiger charge is -2.29. The number of ether oxygens (including phenoxy) is 1. The first-order chi connectivity index (χ1) is 9.81. The van der Waals surface area contributed by atoms with Crippen LogP contribution in [0.15, 0.2) is 28.7 Å². The predicted octanol–water partition coefficient (Wildman–Crippen LogP) is 2.93. The lowest BCUT2D eigenvalue weighted by molar-refractivity contribution is -0.142. The number of hydrogen-bond acceptors (Lipinski definition) is 3. The molecule has 0 fully saturated rings. The third-order valence-corrected chi connectivity index (χ3v) is 3.42. The van der Waals surface area contributed by atoms with Crippen molar-refractivity contribution < 1.29 is 19.4 Å². The molecule has 1 unspecified atom stereocenters. The molecule has 116 valence electrons. The van der Waals surface area contributed by atoms with Gasteiger partial charge >= 0.3 is 5.97 Å². The van der Waals surface area contributed by atoms with Crippen molar-refractivity contribution in [3.05, 3.63) is 28.7 Å². The van der Waals surface area contributed by atoms with Crippen LogP contribution in [0.2, 0.25) is 0 Å². The lowest BCUT2D eigenvalue weighted by Crippen LogP contribution is -2.45. The zero-order valence-electron chi connectivity index (χ0n) is 12.4. The Bertz CT molecular complexity index is 504. The minimum atomic E-state index is -0.922. The molecule has 21 heavy (non-hydrogen) atoms. The topological polar surface area (TPSA) is 66.8 Å². The highest BCUT2D eigenvalue weighted by atomic mass is 79.9. The summed E-state index contributed by atoms with van der Waals surface area (Å²) in [6.45, 7) is 5.55. The van der Waals surface area contributed by atoms with Gasteiger partial charge in [-0.15, -0.1) is 0 Å². The van der Waals surface area contributed by atoms with Crippen LogP contribution in [-0.2, 0) is 9.59 Å². The van der Waals surface area contributed by atoms with Crippen LogP contribution in [0.1, 0.15) is 27.2 Å². The number of rotatable bonds is 7. The Morgan fingerprint density at radius 2 is 2.00 bits per heavy atom. The van der Waals surface area contributed by atoms with E-state index in [0.717, 1.165) is 4.47 Å². The van der Waals surface area contributed by atoms with E-state index in [0.29, 0.717) is 5.75 Å². The minimum Gasteiger partial charge on any atom is -0.481 e. The molecule has 0 aliphatic carbocycles. The average Bonchev–Trinajstić information content (AvgIpc) is 2.37. The van der Waals surface area contributed by atoms with Gasteiger partial charge < -0.3 is 14.7 Å². The second kappa shape index (κ2) is 8.02. The van der Waals surface area contributed by atoms with Gasteiger partial charge in [0.2, 0.25) is 0 Å². The maximum atomic E-state index is 12.4. The van der Waals surface area contributed by atoms with Crippen molar-refractivity contribution in [3.63, 3.8) is 0 Å². The average molecular weight is 358 g/mol. The maximum absolute atomic E-state index is 12.4. The summed E-state index contributed by atoms with van der Waals surface area (Å²) in [6, 6.07) is 7.16. The monoisotopic (exact) mass is 357 g/mol. The largest absolute Gasteiger partial charge is 0.481 e. The Morgan fingerprint density at radius 1 is 1.33 bits per heavy atom. The smallest absolute Gasteiger partial charge is 0.305 e. The van der Waals surface area contributed by atoms with E-state index in [1.807, 2.05) is 26.0 Å². The lowest BCUT2D eigenvalue weighted by atomic mass is 10.2. The Hall–Kier alpha value is -1.56. The maximum Gasteiger partial charge on any atom is 0.305 e. The van der Waals surface area contributed by atoms with E-state index in [2.05, 4.69) is 15.9 Å². The van der Waals surface area contributed by atoms with Gasteiger partial charge in [0, 0.05) is 17.1 Å². The third-order valence-electron chi connectivity index (χ3n) is 2.93. The summed E-state index contributed by atoms with van der Waals surface area (Å²) in [7, 11) is 0. The van der Waals surface area contributed by atoms with E-state index in [4.69, 9.17) is 9.84 Å². The Balaban J connectivity index is 2.71. The number of carbonyl (C=O) groups excluding carboxylic acids is 1. The van der Waals surface area contributed by atoms with Crippen LogP contribution in [0.5, 0.6) is 5.75 Å². The molecule has 1 amide bonds. The summed E-state index contributed by atoms with van der Waals surface area (Å²) in [5.41, 5.74) is 0. The molecular weight excluding hydrogens is 338 g/mol. The summed E-state index contributed by atoms with van der Waals surface area (Å²) >= 11 is 3.34. The number of benzene rings is 1. The fraction of sp³-hybridized carbons (Fsp3) is 0.467. The standard InChI is InChI=1S/C15H20BrNO4/c1-10(2)17(8-7-14(18)19)15(20)11(3)21-13-6-4-5-12(16)9-13/h4-6,9-11H,7-8H2,1-3H3,(H,18,19). The van der Waals surface area contributed by atoms with Gasteiger partial charge in [0.25, 0.3) is 5.91 Å². The molecule has 1 N–H and O–H groups in total. The third kappa shape index (κ3) is 5.75. The van der Waals surface area contributed by atoms with Crippen molar-refractivity contribution in [2.45, 2.75) is 39.3 Å². The number of nitrogens with zero attached hydrogens (tertiary/aromatic N) is 1. The van der Waals surface area contributed by atoms with Crippen LogP contribution in [0.4, 0.5) is 0 Å². The number of aliphatic carboxylic acids is 1. The molecule has 0 saturated heterocycles. The Labute approximate surface area is 133 Å². The summed E-state index contributed by atoms with van der Waals surface area (Å²) < 4.78 is 6.49. The van der Waals surface area contributed by atoms with Crippen LogP contribution < -0.4 is 4.74 Å². The number of hydrogen-bond donors (Lipinski definition) is 1. The highest BCUT2D eigenvalue weighted by Gasteiger charge is 2.24. The van der Waals surface area contributed by atoms with E-state index >= 15 is 0 Å². The van der Waals surface area contributed by atoms with Crippen molar-refractivity contribution >= 4 is 27.8 Å². The molecule has 0 aliphatic heterocycles. The van der Waals surface area contributed by atoms with Gasteiger partial charge in [-0.2, -0.15) is 0 Å². The summed E-state index contributed by atoms with van der Waals surface area (Å²) in [4.78, 5) is 24.6. The minimum absolute atomic E-state index is 0.0759. The number of carbonyl (C=O) groups is 2. The van der Waals surface area contributed by atoms with Crippen molar-refractivity contribution in [1.82, 2.24) is 4.90 Å². The molecule has 1 aromatic carbocycles. The second-order valence-electron chi connectivity index (χ2n) is 4.99. The number of amides is 1. The van der Waals surface area contributed by atoms with Crippen LogP contribution in [0, 0.1) is 0 Å². The van der Waals surface area contributed by atoms with Gasteiger partial charge in [-0.05, 0) is 39.0 Å². The molecule has 0 saturated carbocycles. The summed E-state index contributed by atoms with van der Waals surface area (Å²) in [5.74, 6) is -0.549. The molecule has 0 bridgehead atoms. The molecule has 5 nitrogen and oxygen atoms in total.